The van der Waals surface area contributed by atoms with E-state index in [1.807, 2.05) is 31.2 Å². The largest absolute Gasteiger partial charge is 0.484 e. The summed E-state index contributed by atoms with van der Waals surface area (Å²) in [4.78, 5) is 34.2. The quantitative estimate of drug-likeness (QED) is 0.411. The van der Waals surface area contributed by atoms with Crippen LogP contribution in [0.15, 0.2) is 59.4 Å². The van der Waals surface area contributed by atoms with Crippen molar-refractivity contribution in [2.24, 2.45) is 0 Å². The number of carbonyl (C=O) groups is 1. The van der Waals surface area contributed by atoms with Crippen molar-refractivity contribution in [3.05, 3.63) is 82.0 Å². The van der Waals surface area contributed by atoms with Crippen LogP contribution in [0.25, 0.3) is 15.5 Å². The minimum absolute atomic E-state index is 0.0110. The number of hydrogen-bond donors (Lipinski definition) is 0. The van der Waals surface area contributed by atoms with Gasteiger partial charge in [-0.3, -0.25) is 14.5 Å². The van der Waals surface area contributed by atoms with Crippen LogP contribution in [0.2, 0.25) is 0 Å². The van der Waals surface area contributed by atoms with Gasteiger partial charge < -0.3 is 9.64 Å². The van der Waals surface area contributed by atoms with Crippen LogP contribution in [0.1, 0.15) is 11.3 Å². The van der Waals surface area contributed by atoms with Crippen LogP contribution in [0.4, 0.5) is 4.39 Å². The number of carbonyl (C=O) groups excluding carboxylic acids is 1. The zero-order chi connectivity index (χ0) is 24.4. The summed E-state index contributed by atoms with van der Waals surface area (Å²) in [6.45, 7) is 5.03. The highest BCUT2D eigenvalue weighted by molar-refractivity contribution is 7.19. The van der Waals surface area contributed by atoms with Gasteiger partial charge in [-0.2, -0.15) is 9.61 Å². The molecule has 1 aliphatic heterocycles. The zero-order valence-electron chi connectivity index (χ0n) is 19.2. The third-order valence-corrected chi connectivity index (χ3v) is 6.82. The Labute approximate surface area is 205 Å². The molecule has 2 aromatic heterocycles. The Bertz CT molecular complexity index is 1410. The second-order valence-corrected chi connectivity index (χ2v) is 9.41. The fraction of sp³-hybridized carbons (Fsp3) is 0.280. The average molecular weight is 494 g/mol. The SMILES string of the molecule is Cc1ccc(OCC(=O)N2CCN(Cc3cc(=O)n4nc(-c5cccc(F)c5)sc4n3)CC2)cc1. The normalized spacial score (nSPS) is 14.4. The van der Waals surface area contributed by atoms with E-state index in [0.717, 1.165) is 5.56 Å². The van der Waals surface area contributed by atoms with Crippen molar-refractivity contribution in [2.45, 2.75) is 13.5 Å². The van der Waals surface area contributed by atoms with Gasteiger partial charge in [0.15, 0.2) is 6.61 Å². The molecule has 8 nitrogen and oxygen atoms in total. The van der Waals surface area contributed by atoms with Gasteiger partial charge in [0.05, 0.1) is 5.69 Å². The molecule has 10 heteroatoms. The van der Waals surface area contributed by atoms with E-state index in [1.54, 1.807) is 17.0 Å². The number of rotatable bonds is 6. The van der Waals surface area contributed by atoms with Gasteiger partial charge >= 0.3 is 0 Å². The van der Waals surface area contributed by atoms with Crippen LogP contribution in [0.5, 0.6) is 5.75 Å². The molecule has 0 radical (unpaired) electrons. The monoisotopic (exact) mass is 493 g/mol. The van der Waals surface area contributed by atoms with Crippen LogP contribution >= 0.6 is 11.3 Å². The number of amides is 1. The third kappa shape index (κ3) is 5.39. The molecule has 0 bridgehead atoms. The molecule has 1 fully saturated rings. The van der Waals surface area contributed by atoms with Gasteiger partial charge in [-0.05, 0) is 31.2 Å². The molecule has 0 spiro atoms. The van der Waals surface area contributed by atoms with E-state index in [4.69, 9.17) is 4.74 Å². The van der Waals surface area contributed by atoms with E-state index in [0.29, 0.717) is 59.7 Å². The molecular weight excluding hydrogens is 469 g/mol. The van der Waals surface area contributed by atoms with Crippen molar-refractivity contribution in [2.75, 3.05) is 32.8 Å². The van der Waals surface area contributed by atoms with Crippen LogP contribution in [0.3, 0.4) is 0 Å². The highest BCUT2D eigenvalue weighted by Crippen LogP contribution is 2.25. The lowest BCUT2D eigenvalue weighted by molar-refractivity contribution is -0.135. The smallest absolute Gasteiger partial charge is 0.275 e. The van der Waals surface area contributed by atoms with Crippen molar-refractivity contribution in [1.82, 2.24) is 24.4 Å². The number of halogens is 1. The highest BCUT2D eigenvalue weighted by atomic mass is 32.1. The minimum atomic E-state index is -0.359. The molecule has 0 N–H and O–H groups in total. The summed E-state index contributed by atoms with van der Waals surface area (Å²) in [6.07, 6.45) is 0. The number of piperazine rings is 1. The summed E-state index contributed by atoms with van der Waals surface area (Å²) < 4.78 is 20.4. The first-order valence-corrected chi connectivity index (χ1v) is 12.1. The maximum Gasteiger partial charge on any atom is 0.275 e. The summed E-state index contributed by atoms with van der Waals surface area (Å²) in [5, 5.41) is 4.84. The maximum atomic E-state index is 13.6. The Morgan fingerprint density at radius 1 is 1.09 bits per heavy atom. The lowest BCUT2D eigenvalue weighted by Crippen LogP contribution is -2.49. The second-order valence-electron chi connectivity index (χ2n) is 8.46. The number of aryl methyl sites for hydroxylation is 1. The molecule has 0 unspecified atom stereocenters. The van der Waals surface area contributed by atoms with E-state index in [-0.39, 0.29) is 23.9 Å². The van der Waals surface area contributed by atoms with E-state index in [9.17, 15) is 14.0 Å². The second kappa shape index (κ2) is 9.93. The Hall–Kier alpha value is -3.63. The molecule has 0 aliphatic carbocycles. The lowest BCUT2D eigenvalue weighted by Gasteiger charge is -2.34. The molecule has 1 amide bonds. The molecule has 0 saturated carbocycles. The third-order valence-electron chi connectivity index (χ3n) is 5.86. The molecule has 2 aromatic carbocycles. The number of benzene rings is 2. The average Bonchev–Trinajstić information content (AvgIpc) is 3.29. The molecule has 5 rings (SSSR count). The van der Waals surface area contributed by atoms with Gasteiger partial charge in [0.1, 0.15) is 16.6 Å². The molecular formula is C25H24FN5O3S. The highest BCUT2D eigenvalue weighted by Gasteiger charge is 2.22. The standard InChI is InChI=1S/C25H24FN5O3S/c1-17-5-7-21(8-6-17)34-16-23(33)30-11-9-29(10-12-30)15-20-14-22(32)31-25(27-20)35-24(28-31)18-3-2-4-19(26)13-18/h2-8,13-14H,9-12,15-16H2,1H3. The van der Waals surface area contributed by atoms with Crippen LogP contribution in [-0.2, 0) is 11.3 Å². The predicted octanol–water partition coefficient (Wildman–Crippen LogP) is 2.99. The van der Waals surface area contributed by atoms with Gasteiger partial charge in [-0.15, -0.1) is 0 Å². The molecule has 1 aliphatic rings. The topological polar surface area (TPSA) is 80.0 Å². The van der Waals surface area contributed by atoms with Crippen molar-refractivity contribution in [3.8, 4) is 16.3 Å². The number of aromatic nitrogens is 3. The Morgan fingerprint density at radius 3 is 2.60 bits per heavy atom. The van der Waals surface area contributed by atoms with Crippen molar-refractivity contribution in [1.29, 1.82) is 0 Å². The van der Waals surface area contributed by atoms with Crippen LogP contribution < -0.4 is 10.3 Å². The first kappa shape index (κ1) is 23.1. The van der Waals surface area contributed by atoms with Crippen LogP contribution in [-0.4, -0.2) is 63.1 Å². The lowest BCUT2D eigenvalue weighted by atomic mass is 10.2. The Balaban J connectivity index is 1.19. The zero-order valence-corrected chi connectivity index (χ0v) is 20.0. The number of hydrogen-bond acceptors (Lipinski definition) is 7. The minimum Gasteiger partial charge on any atom is -0.484 e. The Morgan fingerprint density at radius 2 is 1.86 bits per heavy atom. The molecule has 4 aromatic rings. The molecule has 180 valence electrons. The Kier molecular flexibility index (Phi) is 6.56. The first-order valence-electron chi connectivity index (χ1n) is 11.3. The van der Waals surface area contributed by atoms with Gasteiger partial charge in [0.2, 0.25) is 4.96 Å². The van der Waals surface area contributed by atoms with Gasteiger partial charge in [0, 0.05) is 44.4 Å². The molecule has 1 saturated heterocycles. The van der Waals surface area contributed by atoms with Crippen molar-refractivity contribution >= 4 is 22.2 Å². The summed E-state index contributed by atoms with van der Waals surface area (Å²) in [6, 6.07) is 15.2. The number of fused-ring (bicyclic) bond motifs is 1. The van der Waals surface area contributed by atoms with Crippen molar-refractivity contribution < 1.29 is 13.9 Å². The summed E-state index contributed by atoms with van der Waals surface area (Å²) in [7, 11) is 0. The fourth-order valence-electron chi connectivity index (χ4n) is 3.93. The van der Waals surface area contributed by atoms with E-state index in [1.165, 1.54) is 34.1 Å². The predicted molar refractivity (Wildman–Crippen MR) is 131 cm³/mol. The van der Waals surface area contributed by atoms with Gasteiger partial charge in [-0.25, -0.2) is 9.37 Å². The summed E-state index contributed by atoms with van der Waals surface area (Å²) in [5.41, 5.74) is 2.12. The van der Waals surface area contributed by atoms with Crippen LogP contribution in [0, 0.1) is 12.7 Å². The van der Waals surface area contributed by atoms with E-state index < -0.39 is 0 Å². The summed E-state index contributed by atoms with van der Waals surface area (Å²) >= 11 is 1.25. The fourth-order valence-corrected chi connectivity index (χ4v) is 4.85. The first-order chi connectivity index (χ1) is 16.9. The van der Waals surface area contributed by atoms with E-state index >= 15 is 0 Å². The van der Waals surface area contributed by atoms with Gasteiger partial charge in [-0.1, -0.05) is 41.2 Å². The van der Waals surface area contributed by atoms with E-state index in [2.05, 4.69) is 15.0 Å². The number of nitrogens with zero attached hydrogens (tertiary/aromatic N) is 5. The van der Waals surface area contributed by atoms with Gasteiger partial charge in [0.25, 0.3) is 11.5 Å². The molecule has 0 atom stereocenters. The summed E-state index contributed by atoms with van der Waals surface area (Å²) in [5.74, 6) is 0.276. The maximum absolute atomic E-state index is 13.6. The molecule has 35 heavy (non-hydrogen) atoms. The van der Waals surface area contributed by atoms with Crippen molar-refractivity contribution in [3.63, 3.8) is 0 Å². The number of ether oxygens (including phenoxy) is 1. The molecule has 3 heterocycles.